The minimum atomic E-state index is -0.670. The molecule has 0 spiro atoms. The van der Waals surface area contributed by atoms with Gasteiger partial charge in [0, 0.05) is 6.54 Å². The van der Waals surface area contributed by atoms with E-state index in [9.17, 15) is 14.7 Å². The van der Waals surface area contributed by atoms with E-state index in [1.165, 1.54) is 4.90 Å². The van der Waals surface area contributed by atoms with Crippen molar-refractivity contribution >= 4 is 11.8 Å². The average Bonchev–Trinajstić information content (AvgIpc) is 2.79. The maximum absolute atomic E-state index is 11.9. The Labute approximate surface area is 94.8 Å². The molecule has 2 rings (SSSR count). The summed E-state index contributed by atoms with van der Waals surface area (Å²) < 4.78 is 0. The van der Waals surface area contributed by atoms with Gasteiger partial charge in [-0.3, -0.25) is 14.5 Å². The van der Waals surface area contributed by atoms with Gasteiger partial charge in [0.05, 0.1) is 24.5 Å². The Morgan fingerprint density at radius 1 is 1.38 bits per heavy atom. The van der Waals surface area contributed by atoms with Crippen molar-refractivity contribution in [3.8, 4) is 0 Å². The number of aliphatic hydroxyl groups excluding tert-OH is 1. The normalized spacial score (nSPS) is 31.0. The first-order chi connectivity index (χ1) is 7.65. The molecule has 0 bridgehead atoms. The Balaban J connectivity index is 2.00. The molecule has 1 heterocycles. The Bertz CT molecular complexity index is 284. The van der Waals surface area contributed by atoms with Crippen molar-refractivity contribution in [3.63, 3.8) is 0 Å². The lowest BCUT2D eigenvalue weighted by Gasteiger charge is -2.19. The Morgan fingerprint density at radius 2 is 1.94 bits per heavy atom. The van der Waals surface area contributed by atoms with Crippen LogP contribution < -0.4 is 5.32 Å². The second-order valence-electron chi connectivity index (χ2n) is 4.64. The zero-order chi connectivity index (χ0) is 11.7. The summed E-state index contributed by atoms with van der Waals surface area (Å²) in [5.41, 5.74) is 0. The summed E-state index contributed by atoms with van der Waals surface area (Å²) in [6.45, 7) is 0.526. The number of hydrogen-bond acceptors (Lipinski definition) is 4. The number of fused-ring (bicyclic) bond motifs is 1. The third-order valence-corrected chi connectivity index (χ3v) is 3.52. The molecule has 1 saturated carbocycles. The summed E-state index contributed by atoms with van der Waals surface area (Å²) in [6.07, 6.45) is 1.96. The van der Waals surface area contributed by atoms with E-state index in [4.69, 9.17) is 0 Å². The standard InChI is InChI=1S/C11H18N2O3/c1-12-5-7(14)6-13-10(15)8-3-2-4-9(8)11(13)16/h7-9,12,14H,2-6H2,1H3. The highest BCUT2D eigenvalue weighted by molar-refractivity contribution is 6.05. The van der Waals surface area contributed by atoms with E-state index in [1.807, 2.05) is 0 Å². The van der Waals surface area contributed by atoms with Gasteiger partial charge in [-0.1, -0.05) is 6.42 Å². The number of hydrogen-bond donors (Lipinski definition) is 2. The summed E-state index contributed by atoms with van der Waals surface area (Å²) in [5.74, 6) is -0.367. The lowest BCUT2D eigenvalue weighted by molar-refractivity contribution is -0.141. The molecule has 0 aromatic carbocycles. The minimum absolute atomic E-state index is 0.0809. The van der Waals surface area contributed by atoms with E-state index in [0.29, 0.717) is 6.54 Å². The van der Waals surface area contributed by atoms with Crippen LogP contribution >= 0.6 is 0 Å². The van der Waals surface area contributed by atoms with Crippen molar-refractivity contribution < 1.29 is 14.7 Å². The van der Waals surface area contributed by atoms with E-state index in [1.54, 1.807) is 7.05 Å². The number of amides is 2. The Hall–Kier alpha value is -0.940. The van der Waals surface area contributed by atoms with Crippen LogP contribution in [-0.2, 0) is 9.59 Å². The molecule has 2 N–H and O–H groups in total. The Kier molecular flexibility index (Phi) is 3.25. The van der Waals surface area contributed by atoms with Crippen LogP contribution in [0.2, 0.25) is 0 Å². The summed E-state index contributed by atoms with van der Waals surface area (Å²) in [6, 6.07) is 0. The zero-order valence-corrected chi connectivity index (χ0v) is 9.48. The van der Waals surface area contributed by atoms with E-state index >= 15 is 0 Å². The van der Waals surface area contributed by atoms with E-state index in [0.717, 1.165) is 19.3 Å². The first kappa shape index (κ1) is 11.5. The summed E-state index contributed by atoms with van der Waals surface area (Å²) in [4.78, 5) is 25.1. The molecule has 16 heavy (non-hydrogen) atoms. The lowest BCUT2D eigenvalue weighted by atomic mass is 10.00. The molecule has 2 aliphatic rings. The second kappa shape index (κ2) is 4.51. The predicted octanol–water partition coefficient (Wildman–Crippen LogP) is -0.648. The number of β-amino-alcohol motifs (C(OH)–C–C–N with tert-alkyl or cyclic N) is 1. The molecule has 90 valence electrons. The highest BCUT2D eigenvalue weighted by Gasteiger charge is 2.49. The van der Waals surface area contributed by atoms with Crippen molar-refractivity contribution in [1.29, 1.82) is 0 Å². The van der Waals surface area contributed by atoms with Gasteiger partial charge in [-0.05, 0) is 19.9 Å². The van der Waals surface area contributed by atoms with Crippen molar-refractivity contribution in [3.05, 3.63) is 0 Å². The van der Waals surface area contributed by atoms with Crippen LogP contribution in [0.25, 0.3) is 0 Å². The molecule has 3 atom stereocenters. The van der Waals surface area contributed by atoms with Crippen molar-refractivity contribution in [2.24, 2.45) is 11.8 Å². The first-order valence-corrected chi connectivity index (χ1v) is 5.83. The van der Waals surface area contributed by atoms with Crippen molar-refractivity contribution in [2.45, 2.75) is 25.4 Å². The van der Waals surface area contributed by atoms with Gasteiger partial charge in [0.15, 0.2) is 0 Å². The van der Waals surface area contributed by atoms with Crippen LogP contribution in [0.3, 0.4) is 0 Å². The lowest BCUT2D eigenvalue weighted by Crippen LogP contribution is -2.41. The fourth-order valence-corrected chi connectivity index (χ4v) is 2.75. The molecule has 0 aromatic heterocycles. The van der Waals surface area contributed by atoms with E-state index < -0.39 is 6.10 Å². The molecule has 0 aromatic rings. The molecule has 2 amide bonds. The largest absolute Gasteiger partial charge is 0.390 e. The van der Waals surface area contributed by atoms with Gasteiger partial charge in [-0.2, -0.15) is 0 Å². The third kappa shape index (κ3) is 1.85. The summed E-state index contributed by atoms with van der Waals surface area (Å²) in [5, 5.41) is 12.4. The van der Waals surface area contributed by atoms with Gasteiger partial charge in [0.1, 0.15) is 0 Å². The quantitative estimate of drug-likeness (QED) is 0.625. The van der Waals surface area contributed by atoms with Crippen LogP contribution in [0.5, 0.6) is 0 Å². The van der Waals surface area contributed by atoms with Gasteiger partial charge in [0.2, 0.25) is 11.8 Å². The van der Waals surface area contributed by atoms with Gasteiger partial charge >= 0.3 is 0 Å². The molecule has 5 nitrogen and oxygen atoms in total. The number of nitrogens with zero attached hydrogens (tertiary/aromatic N) is 1. The van der Waals surface area contributed by atoms with Crippen LogP contribution in [-0.4, -0.2) is 48.1 Å². The predicted molar refractivity (Wildman–Crippen MR) is 57.5 cm³/mol. The maximum atomic E-state index is 11.9. The number of carbonyl (C=O) groups is 2. The zero-order valence-electron chi connectivity index (χ0n) is 9.48. The number of rotatable bonds is 4. The van der Waals surface area contributed by atoms with Gasteiger partial charge < -0.3 is 10.4 Å². The average molecular weight is 226 g/mol. The minimum Gasteiger partial charge on any atom is -0.390 e. The summed E-state index contributed by atoms with van der Waals surface area (Å²) >= 11 is 0. The maximum Gasteiger partial charge on any atom is 0.233 e. The molecule has 3 unspecified atom stereocenters. The number of likely N-dealkylation sites (N-methyl/N-ethyl adjacent to an activating group) is 1. The fraction of sp³-hybridized carbons (Fsp3) is 0.818. The first-order valence-electron chi connectivity index (χ1n) is 5.83. The number of likely N-dealkylation sites (tertiary alicyclic amines) is 1. The monoisotopic (exact) mass is 226 g/mol. The molecule has 1 aliphatic carbocycles. The number of carbonyl (C=O) groups excluding carboxylic acids is 2. The van der Waals surface area contributed by atoms with E-state index in [-0.39, 0.29) is 30.2 Å². The van der Waals surface area contributed by atoms with Gasteiger partial charge in [0.25, 0.3) is 0 Å². The molecule has 1 saturated heterocycles. The smallest absolute Gasteiger partial charge is 0.233 e. The molecule has 5 heteroatoms. The molecule has 0 radical (unpaired) electrons. The molecular formula is C11H18N2O3. The third-order valence-electron chi connectivity index (χ3n) is 3.52. The highest BCUT2D eigenvalue weighted by atomic mass is 16.3. The van der Waals surface area contributed by atoms with Crippen LogP contribution in [0, 0.1) is 11.8 Å². The Morgan fingerprint density at radius 3 is 2.44 bits per heavy atom. The van der Waals surface area contributed by atoms with Crippen molar-refractivity contribution in [2.75, 3.05) is 20.1 Å². The van der Waals surface area contributed by atoms with Crippen LogP contribution in [0.15, 0.2) is 0 Å². The van der Waals surface area contributed by atoms with Crippen LogP contribution in [0.1, 0.15) is 19.3 Å². The SMILES string of the molecule is CNCC(O)CN1C(=O)C2CCCC2C1=O. The molecule has 2 fully saturated rings. The van der Waals surface area contributed by atoms with Gasteiger partial charge in [-0.25, -0.2) is 0 Å². The number of imide groups is 1. The van der Waals surface area contributed by atoms with Crippen molar-refractivity contribution in [1.82, 2.24) is 10.2 Å². The molecule has 1 aliphatic heterocycles. The number of nitrogens with one attached hydrogen (secondary N) is 1. The fourth-order valence-electron chi connectivity index (χ4n) is 2.75. The topological polar surface area (TPSA) is 69.6 Å². The summed E-state index contributed by atoms with van der Waals surface area (Å²) in [7, 11) is 1.73. The van der Waals surface area contributed by atoms with Crippen LogP contribution in [0.4, 0.5) is 0 Å². The molecular weight excluding hydrogens is 208 g/mol. The second-order valence-corrected chi connectivity index (χ2v) is 4.64. The number of aliphatic hydroxyl groups is 1. The highest BCUT2D eigenvalue weighted by Crippen LogP contribution is 2.39. The van der Waals surface area contributed by atoms with Gasteiger partial charge in [-0.15, -0.1) is 0 Å². The van der Waals surface area contributed by atoms with E-state index in [2.05, 4.69) is 5.32 Å².